The third-order valence-corrected chi connectivity index (χ3v) is 4.67. The number of ether oxygens (including phenoxy) is 1. The van der Waals surface area contributed by atoms with Crippen LogP contribution in [0, 0.1) is 11.3 Å². The summed E-state index contributed by atoms with van der Waals surface area (Å²) in [5, 5.41) is 12.4. The van der Waals surface area contributed by atoms with Crippen LogP contribution in [0.25, 0.3) is 0 Å². The normalized spacial score (nSPS) is 20.0. The molecule has 8 heteroatoms. The molecule has 26 heavy (non-hydrogen) atoms. The highest BCUT2D eigenvalue weighted by molar-refractivity contribution is 5.46. The monoisotopic (exact) mass is 351 g/mol. The van der Waals surface area contributed by atoms with E-state index in [4.69, 9.17) is 10.00 Å². The zero-order valence-corrected chi connectivity index (χ0v) is 14.5. The Balaban J connectivity index is 1.40. The average molecular weight is 351 g/mol. The smallest absolute Gasteiger partial charge is 0.224 e. The van der Waals surface area contributed by atoms with Crippen molar-refractivity contribution in [3.05, 3.63) is 36.2 Å². The molecule has 2 fully saturated rings. The molecule has 8 nitrogen and oxygen atoms in total. The van der Waals surface area contributed by atoms with Crippen molar-refractivity contribution in [3.63, 3.8) is 0 Å². The second-order valence-electron chi connectivity index (χ2n) is 6.41. The highest BCUT2D eigenvalue weighted by Crippen LogP contribution is 2.21. The molecule has 0 saturated carbocycles. The van der Waals surface area contributed by atoms with E-state index in [2.05, 4.69) is 36.1 Å². The Hall–Kier alpha value is -2.92. The van der Waals surface area contributed by atoms with E-state index in [1.165, 1.54) is 0 Å². The van der Waals surface area contributed by atoms with Crippen molar-refractivity contribution in [1.29, 1.82) is 5.26 Å². The minimum Gasteiger partial charge on any atom is -0.378 e. The van der Waals surface area contributed by atoms with Crippen LogP contribution in [-0.4, -0.2) is 60.4 Å². The van der Waals surface area contributed by atoms with Crippen LogP contribution in [0.3, 0.4) is 0 Å². The standard InChI is InChI=1S/C18H21N7O/c19-12-14-2-1-3-16(21-14)25-7-5-15(13-25)22-18-20-6-4-17(23-18)24-8-10-26-11-9-24/h1-4,6,15H,5,7-11,13H2,(H,20,22,23). The van der Waals surface area contributed by atoms with Crippen molar-refractivity contribution in [1.82, 2.24) is 15.0 Å². The molecule has 0 bridgehead atoms. The number of hydrogen-bond donors (Lipinski definition) is 1. The first-order valence-electron chi connectivity index (χ1n) is 8.86. The lowest BCUT2D eigenvalue weighted by atomic mass is 10.3. The fraction of sp³-hybridized carbons (Fsp3) is 0.444. The Morgan fingerprint density at radius 1 is 1.08 bits per heavy atom. The number of rotatable bonds is 4. The summed E-state index contributed by atoms with van der Waals surface area (Å²) in [6.45, 7) is 4.89. The minimum atomic E-state index is 0.252. The molecule has 1 N–H and O–H groups in total. The zero-order valence-electron chi connectivity index (χ0n) is 14.5. The largest absolute Gasteiger partial charge is 0.378 e. The summed E-state index contributed by atoms with van der Waals surface area (Å²) < 4.78 is 5.40. The predicted octanol–water partition coefficient (Wildman–Crippen LogP) is 1.27. The number of hydrogen-bond acceptors (Lipinski definition) is 8. The molecule has 4 heterocycles. The number of pyridine rings is 1. The lowest BCUT2D eigenvalue weighted by molar-refractivity contribution is 0.122. The summed E-state index contributed by atoms with van der Waals surface area (Å²) in [4.78, 5) is 17.8. The van der Waals surface area contributed by atoms with E-state index in [0.717, 1.165) is 57.4 Å². The van der Waals surface area contributed by atoms with Gasteiger partial charge in [-0.15, -0.1) is 0 Å². The molecule has 2 saturated heterocycles. The van der Waals surface area contributed by atoms with Crippen LogP contribution >= 0.6 is 0 Å². The lowest BCUT2D eigenvalue weighted by Crippen LogP contribution is -2.37. The van der Waals surface area contributed by atoms with Crippen LogP contribution in [0.2, 0.25) is 0 Å². The Morgan fingerprint density at radius 2 is 1.92 bits per heavy atom. The molecule has 4 rings (SSSR count). The molecule has 2 aromatic heterocycles. The van der Waals surface area contributed by atoms with Crippen molar-refractivity contribution < 1.29 is 4.74 Å². The van der Waals surface area contributed by atoms with Gasteiger partial charge in [-0.25, -0.2) is 9.97 Å². The average Bonchev–Trinajstić information content (AvgIpc) is 3.17. The van der Waals surface area contributed by atoms with Crippen LogP contribution in [0.5, 0.6) is 0 Å². The first kappa shape index (κ1) is 16.5. The van der Waals surface area contributed by atoms with Gasteiger partial charge in [0.2, 0.25) is 5.95 Å². The van der Waals surface area contributed by atoms with E-state index in [9.17, 15) is 0 Å². The van der Waals surface area contributed by atoms with Gasteiger partial charge in [-0.2, -0.15) is 10.2 Å². The molecule has 1 atom stereocenters. The Kier molecular flexibility index (Phi) is 4.80. The topological polar surface area (TPSA) is 90.2 Å². The number of aromatic nitrogens is 3. The van der Waals surface area contributed by atoms with Gasteiger partial charge in [0, 0.05) is 38.4 Å². The van der Waals surface area contributed by atoms with Crippen LogP contribution < -0.4 is 15.1 Å². The van der Waals surface area contributed by atoms with Crippen molar-refractivity contribution in [3.8, 4) is 6.07 Å². The SMILES string of the molecule is N#Cc1cccc(N2CCC(Nc3nccc(N4CCOCC4)n3)C2)n1. The number of morpholine rings is 1. The minimum absolute atomic E-state index is 0.252. The molecular formula is C18H21N7O. The third kappa shape index (κ3) is 3.68. The Labute approximate surface area is 152 Å². The summed E-state index contributed by atoms with van der Waals surface area (Å²) in [6, 6.07) is 9.82. The van der Waals surface area contributed by atoms with E-state index in [1.54, 1.807) is 12.3 Å². The van der Waals surface area contributed by atoms with Crippen molar-refractivity contribution >= 4 is 17.6 Å². The van der Waals surface area contributed by atoms with Crippen LogP contribution in [0.15, 0.2) is 30.5 Å². The highest BCUT2D eigenvalue weighted by Gasteiger charge is 2.24. The number of nitrogens with zero attached hydrogens (tertiary/aromatic N) is 6. The molecule has 0 aliphatic carbocycles. The maximum atomic E-state index is 9.01. The van der Waals surface area contributed by atoms with Gasteiger partial charge in [0.15, 0.2) is 0 Å². The maximum Gasteiger partial charge on any atom is 0.224 e. The summed E-state index contributed by atoms with van der Waals surface area (Å²) in [6.07, 6.45) is 2.77. The van der Waals surface area contributed by atoms with Crippen molar-refractivity contribution in [2.24, 2.45) is 0 Å². The summed E-state index contributed by atoms with van der Waals surface area (Å²) in [5.74, 6) is 2.43. The van der Waals surface area contributed by atoms with Gasteiger partial charge in [-0.05, 0) is 24.6 Å². The quantitative estimate of drug-likeness (QED) is 0.881. The molecular weight excluding hydrogens is 330 g/mol. The molecule has 1 unspecified atom stereocenters. The Bertz CT molecular complexity index is 800. The van der Waals surface area contributed by atoms with Gasteiger partial charge < -0.3 is 19.9 Å². The number of nitriles is 1. The summed E-state index contributed by atoms with van der Waals surface area (Å²) >= 11 is 0. The van der Waals surface area contributed by atoms with Crippen molar-refractivity contribution in [2.75, 3.05) is 54.5 Å². The van der Waals surface area contributed by atoms with E-state index in [0.29, 0.717) is 11.6 Å². The van der Waals surface area contributed by atoms with Gasteiger partial charge in [0.1, 0.15) is 23.4 Å². The second-order valence-corrected chi connectivity index (χ2v) is 6.41. The summed E-state index contributed by atoms with van der Waals surface area (Å²) in [5.41, 5.74) is 0.445. The molecule has 0 spiro atoms. The Morgan fingerprint density at radius 3 is 2.77 bits per heavy atom. The first-order valence-corrected chi connectivity index (χ1v) is 8.86. The first-order chi connectivity index (χ1) is 12.8. The van der Waals surface area contributed by atoms with Gasteiger partial charge in [0.05, 0.1) is 13.2 Å². The van der Waals surface area contributed by atoms with Crippen LogP contribution in [-0.2, 0) is 4.74 Å². The molecule has 0 aromatic carbocycles. The van der Waals surface area contributed by atoms with Gasteiger partial charge >= 0.3 is 0 Å². The molecule has 0 radical (unpaired) electrons. The number of anilines is 3. The van der Waals surface area contributed by atoms with E-state index in [1.807, 2.05) is 18.2 Å². The highest BCUT2D eigenvalue weighted by atomic mass is 16.5. The lowest BCUT2D eigenvalue weighted by Gasteiger charge is -2.28. The van der Waals surface area contributed by atoms with Crippen molar-refractivity contribution in [2.45, 2.75) is 12.5 Å². The van der Waals surface area contributed by atoms with Crippen LogP contribution in [0.4, 0.5) is 17.6 Å². The fourth-order valence-electron chi connectivity index (χ4n) is 3.32. The maximum absolute atomic E-state index is 9.01. The molecule has 2 aliphatic heterocycles. The van der Waals surface area contributed by atoms with E-state index < -0.39 is 0 Å². The molecule has 134 valence electrons. The zero-order chi connectivity index (χ0) is 17.8. The second kappa shape index (κ2) is 7.54. The summed E-state index contributed by atoms with van der Waals surface area (Å²) in [7, 11) is 0. The van der Waals surface area contributed by atoms with Crippen LogP contribution in [0.1, 0.15) is 12.1 Å². The van der Waals surface area contributed by atoms with E-state index >= 15 is 0 Å². The van der Waals surface area contributed by atoms with Gasteiger partial charge in [-0.1, -0.05) is 6.07 Å². The van der Waals surface area contributed by atoms with E-state index in [-0.39, 0.29) is 6.04 Å². The third-order valence-electron chi connectivity index (χ3n) is 4.67. The molecule has 2 aliphatic rings. The fourth-order valence-corrected chi connectivity index (χ4v) is 3.32. The molecule has 0 amide bonds. The van der Waals surface area contributed by atoms with Gasteiger partial charge in [-0.3, -0.25) is 0 Å². The van der Waals surface area contributed by atoms with Gasteiger partial charge in [0.25, 0.3) is 0 Å². The number of nitrogens with one attached hydrogen (secondary N) is 1. The predicted molar refractivity (Wildman–Crippen MR) is 98.3 cm³/mol. The molecule has 2 aromatic rings.